The average molecular weight is 309 g/mol. The fraction of sp³-hybridized carbons (Fsp3) is 0.429. The Bertz CT molecular complexity index is 568. The second kappa shape index (κ2) is 7.35. The van der Waals surface area contributed by atoms with E-state index >= 15 is 0 Å². The zero-order valence-corrected chi connectivity index (χ0v) is 12.9. The lowest BCUT2D eigenvalue weighted by atomic mass is 10.3. The van der Waals surface area contributed by atoms with E-state index in [0.29, 0.717) is 30.5 Å². The molecule has 0 aliphatic rings. The van der Waals surface area contributed by atoms with Crippen LogP contribution in [0.15, 0.2) is 28.2 Å². The summed E-state index contributed by atoms with van der Waals surface area (Å²) in [5.41, 5.74) is 0.848. The number of aromatic nitrogens is 1. The minimum absolute atomic E-state index is 0.0143. The number of aliphatic hydroxyl groups excluding tert-OH is 1. The molecule has 0 saturated carbocycles. The maximum Gasteiger partial charge on any atom is 0.225 e. The fourth-order valence-corrected chi connectivity index (χ4v) is 2.84. The average Bonchev–Trinajstić information content (AvgIpc) is 3.10. The first kappa shape index (κ1) is 15.7. The Morgan fingerprint density at radius 2 is 2.43 bits per heavy atom. The van der Waals surface area contributed by atoms with E-state index in [9.17, 15) is 9.90 Å². The monoisotopic (exact) mass is 309 g/mol. The molecule has 6 nitrogen and oxygen atoms in total. The first-order valence-corrected chi connectivity index (χ1v) is 7.64. The third kappa shape index (κ3) is 4.13. The molecular weight excluding hydrogens is 290 g/mol. The smallest absolute Gasteiger partial charge is 0.225 e. The topological polar surface area (TPSA) is 78.6 Å². The van der Waals surface area contributed by atoms with Gasteiger partial charge in [0.1, 0.15) is 11.9 Å². The number of nitrogens with one attached hydrogen (secondary N) is 1. The second-order valence-corrected chi connectivity index (χ2v) is 5.38. The van der Waals surface area contributed by atoms with Crippen LogP contribution in [0.1, 0.15) is 31.4 Å². The van der Waals surface area contributed by atoms with Gasteiger partial charge in [0.25, 0.3) is 0 Å². The molecule has 0 aliphatic carbocycles. The SMILES string of the molecule is CCN(C(C)=O)c1nc(CNCC(O)c2ccco2)cs1. The first-order valence-electron chi connectivity index (χ1n) is 6.76. The van der Waals surface area contributed by atoms with Gasteiger partial charge in [0.15, 0.2) is 5.13 Å². The highest BCUT2D eigenvalue weighted by Crippen LogP contribution is 2.20. The maximum atomic E-state index is 11.5. The van der Waals surface area contributed by atoms with Crippen LogP contribution in [0.3, 0.4) is 0 Å². The lowest BCUT2D eigenvalue weighted by molar-refractivity contribution is -0.116. The standard InChI is InChI=1S/C14H19N3O3S/c1-3-17(10(2)18)14-16-11(9-21-14)7-15-8-12(19)13-5-4-6-20-13/h4-6,9,12,15,19H,3,7-8H2,1-2H3. The van der Waals surface area contributed by atoms with Crippen molar-refractivity contribution in [2.24, 2.45) is 0 Å². The van der Waals surface area contributed by atoms with Crippen molar-refractivity contribution in [1.29, 1.82) is 0 Å². The number of carbonyl (C=O) groups excluding carboxylic acids is 1. The molecule has 0 aromatic carbocycles. The quantitative estimate of drug-likeness (QED) is 0.817. The molecule has 7 heteroatoms. The Kier molecular flexibility index (Phi) is 5.49. The largest absolute Gasteiger partial charge is 0.467 e. The van der Waals surface area contributed by atoms with Gasteiger partial charge >= 0.3 is 0 Å². The highest BCUT2D eigenvalue weighted by Gasteiger charge is 2.14. The Morgan fingerprint density at radius 3 is 3.05 bits per heavy atom. The number of aliphatic hydroxyl groups is 1. The van der Waals surface area contributed by atoms with Gasteiger partial charge in [-0.15, -0.1) is 11.3 Å². The molecular formula is C14H19N3O3S. The van der Waals surface area contributed by atoms with Gasteiger partial charge in [0, 0.05) is 31.9 Å². The first-order chi connectivity index (χ1) is 10.1. The third-order valence-electron chi connectivity index (χ3n) is 2.98. The molecule has 0 aliphatic heterocycles. The van der Waals surface area contributed by atoms with Crippen molar-refractivity contribution in [1.82, 2.24) is 10.3 Å². The summed E-state index contributed by atoms with van der Waals surface area (Å²) in [4.78, 5) is 17.5. The molecule has 0 radical (unpaired) electrons. The Labute approximate surface area is 127 Å². The Morgan fingerprint density at radius 1 is 1.62 bits per heavy atom. The van der Waals surface area contributed by atoms with Gasteiger partial charge in [0.2, 0.25) is 5.91 Å². The molecule has 2 rings (SSSR count). The molecule has 2 aromatic heterocycles. The van der Waals surface area contributed by atoms with Crippen molar-refractivity contribution in [3.8, 4) is 0 Å². The van der Waals surface area contributed by atoms with E-state index in [1.807, 2.05) is 12.3 Å². The molecule has 0 bridgehead atoms. The van der Waals surface area contributed by atoms with Gasteiger partial charge in [-0.1, -0.05) is 0 Å². The molecule has 0 saturated heterocycles. The molecule has 1 unspecified atom stereocenters. The number of hydrogen-bond donors (Lipinski definition) is 2. The van der Waals surface area contributed by atoms with Gasteiger partial charge in [-0.2, -0.15) is 0 Å². The summed E-state index contributed by atoms with van der Waals surface area (Å²) in [7, 11) is 0. The minimum atomic E-state index is -0.678. The predicted octanol–water partition coefficient (Wildman–Crippen LogP) is 1.93. The lowest BCUT2D eigenvalue weighted by Crippen LogP contribution is -2.27. The molecule has 2 N–H and O–H groups in total. The number of thiazole rings is 1. The molecule has 1 atom stereocenters. The molecule has 2 heterocycles. The van der Waals surface area contributed by atoms with Crippen LogP contribution in [0.4, 0.5) is 5.13 Å². The Hall–Kier alpha value is -1.70. The third-order valence-corrected chi connectivity index (χ3v) is 3.89. The second-order valence-electron chi connectivity index (χ2n) is 4.55. The minimum Gasteiger partial charge on any atom is -0.467 e. The normalized spacial score (nSPS) is 12.3. The summed E-state index contributed by atoms with van der Waals surface area (Å²) in [5, 5.41) is 15.6. The van der Waals surface area contributed by atoms with E-state index in [1.165, 1.54) is 24.5 Å². The lowest BCUT2D eigenvalue weighted by Gasteiger charge is -2.14. The van der Waals surface area contributed by atoms with Gasteiger partial charge in [-0.25, -0.2) is 4.98 Å². The summed E-state index contributed by atoms with van der Waals surface area (Å²) >= 11 is 1.44. The maximum absolute atomic E-state index is 11.5. The van der Waals surface area contributed by atoms with Crippen LogP contribution >= 0.6 is 11.3 Å². The number of anilines is 1. The molecule has 1 amide bonds. The van der Waals surface area contributed by atoms with Crippen LogP contribution in [-0.2, 0) is 11.3 Å². The zero-order valence-electron chi connectivity index (χ0n) is 12.1. The van der Waals surface area contributed by atoms with E-state index in [0.717, 1.165) is 5.69 Å². The summed E-state index contributed by atoms with van der Waals surface area (Å²) in [5.74, 6) is 0.523. The van der Waals surface area contributed by atoms with Crippen LogP contribution in [0.2, 0.25) is 0 Å². The van der Waals surface area contributed by atoms with Gasteiger partial charge in [0.05, 0.1) is 12.0 Å². The van der Waals surface area contributed by atoms with Crippen molar-refractivity contribution in [2.75, 3.05) is 18.0 Å². The fourth-order valence-electron chi connectivity index (χ4n) is 1.91. The number of rotatable bonds is 7. The van der Waals surface area contributed by atoms with E-state index in [1.54, 1.807) is 17.0 Å². The van der Waals surface area contributed by atoms with Crippen LogP contribution in [0, 0.1) is 0 Å². The number of furan rings is 1. The van der Waals surface area contributed by atoms with Crippen molar-refractivity contribution < 1.29 is 14.3 Å². The number of carbonyl (C=O) groups is 1. The number of nitrogens with zero attached hydrogens (tertiary/aromatic N) is 2. The summed E-state index contributed by atoms with van der Waals surface area (Å²) in [6.07, 6.45) is 0.856. The van der Waals surface area contributed by atoms with Gasteiger partial charge in [-0.3, -0.25) is 9.69 Å². The highest BCUT2D eigenvalue weighted by atomic mass is 32.1. The zero-order chi connectivity index (χ0) is 15.2. The van der Waals surface area contributed by atoms with E-state index in [2.05, 4.69) is 10.3 Å². The van der Waals surface area contributed by atoms with Crippen molar-refractivity contribution in [3.05, 3.63) is 35.2 Å². The van der Waals surface area contributed by atoms with E-state index in [4.69, 9.17) is 4.42 Å². The number of hydrogen-bond acceptors (Lipinski definition) is 6. The van der Waals surface area contributed by atoms with Crippen LogP contribution in [0.5, 0.6) is 0 Å². The van der Waals surface area contributed by atoms with E-state index in [-0.39, 0.29) is 5.91 Å². The summed E-state index contributed by atoms with van der Waals surface area (Å²) in [6.45, 7) is 4.96. The van der Waals surface area contributed by atoms with E-state index < -0.39 is 6.10 Å². The van der Waals surface area contributed by atoms with Crippen LogP contribution < -0.4 is 10.2 Å². The van der Waals surface area contributed by atoms with Gasteiger partial charge < -0.3 is 14.8 Å². The molecule has 0 fully saturated rings. The van der Waals surface area contributed by atoms with Crippen LogP contribution in [-0.4, -0.2) is 29.1 Å². The van der Waals surface area contributed by atoms with Gasteiger partial charge in [-0.05, 0) is 19.1 Å². The highest BCUT2D eigenvalue weighted by molar-refractivity contribution is 7.14. The predicted molar refractivity (Wildman–Crippen MR) is 81.2 cm³/mol. The molecule has 2 aromatic rings. The van der Waals surface area contributed by atoms with Crippen molar-refractivity contribution >= 4 is 22.4 Å². The van der Waals surface area contributed by atoms with Crippen molar-refractivity contribution in [2.45, 2.75) is 26.5 Å². The summed E-state index contributed by atoms with van der Waals surface area (Å²) in [6, 6.07) is 3.48. The summed E-state index contributed by atoms with van der Waals surface area (Å²) < 4.78 is 5.13. The molecule has 114 valence electrons. The molecule has 0 spiro atoms. The van der Waals surface area contributed by atoms with Crippen LogP contribution in [0.25, 0.3) is 0 Å². The number of amides is 1. The Balaban J connectivity index is 1.84. The molecule has 21 heavy (non-hydrogen) atoms. The van der Waals surface area contributed by atoms with Crippen molar-refractivity contribution in [3.63, 3.8) is 0 Å².